The Morgan fingerprint density at radius 2 is 1.06 bits per heavy atom. The molecule has 0 aliphatic rings. The Bertz CT molecular complexity index is 1590. The van der Waals surface area contributed by atoms with Crippen molar-refractivity contribution in [3.63, 3.8) is 0 Å². The molecular weight excluding hydrogens is 763 g/mol. The van der Waals surface area contributed by atoms with Crippen LogP contribution in [0.5, 0.6) is 11.5 Å². The Morgan fingerprint density at radius 1 is 0.635 bits per heavy atom. The lowest BCUT2D eigenvalue weighted by molar-refractivity contribution is -0.127. The van der Waals surface area contributed by atoms with Gasteiger partial charge in [0.15, 0.2) is 11.6 Å². The van der Waals surface area contributed by atoms with Gasteiger partial charge in [-0.15, -0.1) is 0 Å². The number of carbonyl (C=O) groups excluding carboxylic acids is 4. The fourth-order valence-electron chi connectivity index (χ4n) is 5.34. The van der Waals surface area contributed by atoms with Crippen LogP contribution in [0.15, 0.2) is 73.3 Å². The molecule has 282 valence electrons. The maximum absolute atomic E-state index is 12.4. The molecule has 3 aromatic carbocycles. The zero-order valence-corrected chi connectivity index (χ0v) is 34.4. The Labute approximate surface area is 326 Å². The second-order valence-corrected chi connectivity index (χ2v) is 16.7. The summed E-state index contributed by atoms with van der Waals surface area (Å²) in [5.74, 6) is 1.70. The van der Waals surface area contributed by atoms with Gasteiger partial charge in [0, 0.05) is 51.2 Å². The summed E-state index contributed by atoms with van der Waals surface area (Å²) >= 11 is 2.24. The van der Waals surface area contributed by atoms with E-state index in [0.29, 0.717) is 60.7 Å². The van der Waals surface area contributed by atoms with E-state index in [0.717, 1.165) is 66.1 Å². The number of hydrogen-bond donors (Lipinski definition) is 1. The molecule has 0 aromatic heterocycles. The topological polar surface area (TPSA) is 97.7 Å². The first-order valence-electron chi connectivity index (χ1n) is 18.6. The van der Waals surface area contributed by atoms with Crippen LogP contribution in [-0.4, -0.2) is 28.2 Å². The predicted octanol–water partition coefficient (Wildman–Crippen LogP) is 12.2. The minimum Gasteiger partial charge on any atom is -0.507 e. The van der Waals surface area contributed by atoms with Crippen LogP contribution in [0.25, 0.3) is 6.08 Å². The fraction of sp³-hybridized carbons (Fsp3) is 0.467. The van der Waals surface area contributed by atoms with Gasteiger partial charge < -0.3 is 9.84 Å². The van der Waals surface area contributed by atoms with Crippen molar-refractivity contribution in [3.8, 4) is 11.5 Å². The van der Waals surface area contributed by atoms with Gasteiger partial charge in [-0.2, -0.15) is 0 Å². The van der Waals surface area contributed by atoms with E-state index in [1.165, 1.54) is 0 Å². The van der Waals surface area contributed by atoms with Gasteiger partial charge >= 0.3 is 0 Å². The molecule has 0 radical (unpaired) electrons. The second-order valence-electron chi connectivity index (χ2n) is 15.4. The van der Waals surface area contributed by atoms with Gasteiger partial charge in [0.25, 0.3) is 0 Å². The highest BCUT2D eigenvalue weighted by atomic mass is 127. The number of hydrogen-bond acceptors (Lipinski definition) is 6. The highest BCUT2D eigenvalue weighted by Crippen LogP contribution is 2.29. The maximum atomic E-state index is 12.4. The number of unbranched alkanes of at least 4 members (excludes halogenated alkanes) is 6. The number of benzene rings is 3. The molecule has 0 atom stereocenters. The first-order valence-corrected chi connectivity index (χ1v) is 19.7. The number of halogens is 1. The number of phenolic OH excluding ortho intramolecular Hbond substituents is 1. The average Bonchev–Trinajstić information content (AvgIpc) is 3.09. The van der Waals surface area contributed by atoms with E-state index in [2.05, 4.69) is 29.2 Å². The highest BCUT2D eigenvalue weighted by Gasteiger charge is 2.21. The van der Waals surface area contributed by atoms with Crippen LogP contribution in [0, 0.1) is 14.4 Å². The molecule has 0 spiro atoms. The van der Waals surface area contributed by atoms with Crippen LogP contribution >= 0.6 is 22.6 Å². The molecule has 0 saturated carbocycles. The first kappa shape index (κ1) is 44.6. The van der Waals surface area contributed by atoms with Crippen molar-refractivity contribution in [2.24, 2.45) is 10.8 Å². The summed E-state index contributed by atoms with van der Waals surface area (Å²) in [6.45, 7) is 15.8. The number of phenols is 1. The summed E-state index contributed by atoms with van der Waals surface area (Å²) in [7, 11) is 0. The van der Waals surface area contributed by atoms with Gasteiger partial charge in [-0.05, 0) is 78.1 Å². The summed E-state index contributed by atoms with van der Waals surface area (Å²) in [5.41, 5.74) is 2.54. The zero-order valence-electron chi connectivity index (χ0n) is 32.2. The summed E-state index contributed by atoms with van der Waals surface area (Å²) in [4.78, 5) is 48.1. The minimum absolute atomic E-state index is 0.134. The molecule has 1 N–H and O–H groups in total. The average molecular weight is 823 g/mol. The second kappa shape index (κ2) is 22.5. The van der Waals surface area contributed by atoms with Crippen LogP contribution in [0.1, 0.15) is 150 Å². The number of rotatable bonds is 20. The van der Waals surface area contributed by atoms with Crippen molar-refractivity contribution >= 4 is 51.8 Å². The molecule has 0 bridgehead atoms. The molecule has 3 rings (SSSR count). The van der Waals surface area contributed by atoms with Gasteiger partial charge in [-0.3, -0.25) is 19.2 Å². The van der Waals surface area contributed by atoms with Gasteiger partial charge in [0.1, 0.15) is 29.7 Å². The minimum atomic E-state index is -0.260. The third-order valence-electron chi connectivity index (χ3n) is 8.87. The Kier molecular flexibility index (Phi) is 19.3. The van der Waals surface area contributed by atoms with Crippen LogP contribution in [0.2, 0.25) is 0 Å². The number of carbonyl (C=O) groups is 4. The number of aromatic hydroxyl groups is 1. The van der Waals surface area contributed by atoms with Crippen molar-refractivity contribution in [3.05, 3.63) is 99.1 Å². The van der Waals surface area contributed by atoms with Gasteiger partial charge in [0.2, 0.25) is 0 Å². The molecule has 7 heteroatoms. The van der Waals surface area contributed by atoms with Crippen LogP contribution in [-0.2, 0) is 16.2 Å². The van der Waals surface area contributed by atoms with E-state index in [9.17, 15) is 24.3 Å². The lowest BCUT2D eigenvalue weighted by Crippen LogP contribution is -2.19. The van der Waals surface area contributed by atoms with Crippen molar-refractivity contribution in [1.29, 1.82) is 0 Å². The largest absolute Gasteiger partial charge is 0.507 e. The lowest BCUT2D eigenvalue weighted by Gasteiger charge is -2.16. The van der Waals surface area contributed by atoms with Crippen LogP contribution < -0.4 is 4.74 Å². The zero-order chi connectivity index (χ0) is 38.7. The lowest BCUT2D eigenvalue weighted by atomic mass is 9.87. The summed E-state index contributed by atoms with van der Waals surface area (Å²) in [5, 5.41) is 9.86. The smallest absolute Gasteiger partial charge is 0.162 e. The Balaban J connectivity index is 0.000000389. The predicted molar refractivity (Wildman–Crippen MR) is 221 cm³/mol. The summed E-state index contributed by atoms with van der Waals surface area (Å²) in [6, 6.07) is 20.3. The molecule has 0 amide bonds. The van der Waals surface area contributed by atoms with Gasteiger partial charge in [-0.1, -0.05) is 122 Å². The van der Waals surface area contributed by atoms with E-state index < -0.39 is 0 Å². The van der Waals surface area contributed by atoms with E-state index >= 15 is 0 Å². The molecule has 52 heavy (non-hydrogen) atoms. The van der Waals surface area contributed by atoms with E-state index in [4.69, 9.17) is 4.74 Å². The molecule has 3 aromatic rings. The molecule has 0 aliphatic carbocycles. The molecule has 0 unspecified atom stereocenters. The van der Waals surface area contributed by atoms with Gasteiger partial charge in [-0.25, -0.2) is 0 Å². The molecule has 0 fully saturated rings. The standard InChI is InChI=1S/C27H34O4.C18H25IO2/c1-5-22-24(29)12-10-13-25(22)31-19-20-15-17-21(18-16-20)23(28)11-8-6-7-9-14-26(30)27(2,3)4;1-18(2,3)17(21)9-7-5-4-6-8-16(20)14-10-12-15(19)13-11-14/h5,10,12-13,15-18,29H,1,6-9,11,14,19H2,2-4H3;10-13H,4-9H2,1-3H3. The van der Waals surface area contributed by atoms with Crippen LogP contribution in [0.3, 0.4) is 0 Å². The van der Waals surface area contributed by atoms with E-state index in [-0.39, 0.29) is 28.1 Å². The third-order valence-corrected chi connectivity index (χ3v) is 9.59. The van der Waals surface area contributed by atoms with Crippen molar-refractivity contribution in [2.45, 2.75) is 125 Å². The quantitative estimate of drug-likeness (QED) is 0.0692. The third kappa shape index (κ3) is 16.8. The van der Waals surface area contributed by atoms with Crippen molar-refractivity contribution in [1.82, 2.24) is 0 Å². The summed E-state index contributed by atoms with van der Waals surface area (Å²) in [6.07, 6.45) is 11.6. The maximum Gasteiger partial charge on any atom is 0.162 e. The van der Waals surface area contributed by atoms with E-state index in [1.807, 2.05) is 90.1 Å². The van der Waals surface area contributed by atoms with E-state index in [1.54, 1.807) is 24.3 Å². The molecule has 0 aliphatic heterocycles. The monoisotopic (exact) mass is 822 g/mol. The number of Topliss-reactive ketones (excluding diaryl/α,β-unsaturated/α-hetero) is 4. The Morgan fingerprint density at radius 3 is 1.48 bits per heavy atom. The van der Waals surface area contributed by atoms with Crippen LogP contribution in [0.4, 0.5) is 0 Å². The van der Waals surface area contributed by atoms with Gasteiger partial charge in [0.05, 0.1) is 5.56 Å². The Hall–Kier alpha value is -3.59. The normalized spacial score (nSPS) is 11.3. The molecule has 0 saturated heterocycles. The van der Waals surface area contributed by atoms with Crippen molar-refractivity contribution in [2.75, 3.05) is 0 Å². The first-order chi connectivity index (χ1) is 24.5. The summed E-state index contributed by atoms with van der Waals surface area (Å²) < 4.78 is 6.94. The highest BCUT2D eigenvalue weighted by molar-refractivity contribution is 14.1. The molecular formula is C45H59IO6. The number of ketones is 4. The van der Waals surface area contributed by atoms with Crippen molar-refractivity contribution < 1.29 is 29.0 Å². The fourth-order valence-corrected chi connectivity index (χ4v) is 5.69. The molecule has 0 heterocycles. The SMILES string of the molecule is C=Cc1c(O)cccc1OCc1ccc(C(=O)CCCCCCC(=O)C(C)(C)C)cc1.CC(C)(C)C(=O)CCCCCCC(=O)c1ccc(I)cc1. The molecule has 6 nitrogen and oxygen atoms in total. The number of ether oxygens (including phenoxy) is 1.